The topological polar surface area (TPSA) is 57.0 Å². The summed E-state index contributed by atoms with van der Waals surface area (Å²) in [6, 6.07) is 61.3. The van der Waals surface area contributed by atoms with E-state index in [4.69, 9.17) is 18.8 Å². The molecule has 256 valence electrons. The SMILES string of the molecule is c1ccc(-c2ccc3oc4c(-c5ccccc5)nc(-c5ccc(-n6c7ccccc7c7c8ccccc8ccc76)c6c5oc5ccccc56)nc4c3c2)cc1. The molecule has 0 spiro atoms. The Labute approximate surface area is 314 Å². The predicted molar refractivity (Wildman–Crippen MR) is 225 cm³/mol. The molecule has 0 fully saturated rings. The van der Waals surface area contributed by atoms with Crippen LogP contribution in [0.3, 0.4) is 0 Å². The molecule has 0 radical (unpaired) electrons. The van der Waals surface area contributed by atoms with E-state index in [1.165, 1.54) is 21.5 Å². The summed E-state index contributed by atoms with van der Waals surface area (Å²) < 4.78 is 15.8. The number of para-hydroxylation sites is 2. The standard InChI is InChI=1S/C50H29N3O2/c1-3-13-30(14-4-1)33-24-28-43-38(29-33)47-49(55-43)46(32-16-5-2-6-17-32)51-50(52-47)37-25-27-41(45-36-20-10-12-22-42(36)54-48(37)45)53-39-21-11-9-19-35(39)44-34-18-8-7-15-31(34)23-26-40(44)53/h1-29H. The summed E-state index contributed by atoms with van der Waals surface area (Å²) in [6.45, 7) is 0. The van der Waals surface area contributed by atoms with Gasteiger partial charge in [0.1, 0.15) is 28.0 Å². The predicted octanol–water partition coefficient (Wildman–Crippen LogP) is 13.5. The fourth-order valence-electron chi connectivity index (χ4n) is 8.54. The third-order valence-corrected chi connectivity index (χ3v) is 11.0. The van der Waals surface area contributed by atoms with E-state index < -0.39 is 0 Å². The van der Waals surface area contributed by atoms with Gasteiger partial charge in [-0.15, -0.1) is 0 Å². The zero-order chi connectivity index (χ0) is 36.0. The number of fused-ring (bicyclic) bond motifs is 11. The molecule has 0 aliphatic carbocycles. The molecule has 4 aromatic heterocycles. The van der Waals surface area contributed by atoms with Gasteiger partial charge in [0.15, 0.2) is 11.4 Å². The fourth-order valence-corrected chi connectivity index (χ4v) is 8.54. The van der Waals surface area contributed by atoms with Crippen molar-refractivity contribution in [2.75, 3.05) is 0 Å². The quantitative estimate of drug-likeness (QED) is 0.183. The smallest absolute Gasteiger partial charge is 0.180 e. The van der Waals surface area contributed by atoms with Crippen molar-refractivity contribution in [2.24, 2.45) is 0 Å². The lowest BCUT2D eigenvalue weighted by Gasteiger charge is -2.12. The second-order valence-electron chi connectivity index (χ2n) is 14.1. The van der Waals surface area contributed by atoms with Crippen molar-refractivity contribution >= 4 is 76.6 Å². The molecule has 12 aromatic rings. The minimum atomic E-state index is 0.572. The Morgan fingerprint density at radius 1 is 0.418 bits per heavy atom. The second-order valence-corrected chi connectivity index (χ2v) is 14.1. The molecule has 0 aliphatic rings. The monoisotopic (exact) mass is 703 g/mol. The Morgan fingerprint density at radius 3 is 1.96 bits per heavy atom. The molecule has 0 unspecified atom stereocenters. The first-order valence-electron chi connectivity index (χ1n) is 18.5. The van der Waals surface area contributed by atoms with Gasteiger partial charge in [-0.1, -0.05) is 133 Å². The minimum absolute atomic E-state index is 0.572. The normalized spacial score (nSPS) is 12.0. The summed E-state index contributed by atoms with van der Waals surface area (Å²) in [7, 11) is 0. The van der Waals surface area contributed by atoms with Crippen molar-refractivity contribution in [3.8, 4) is 39.5 Å². The maximum atomic E-state index is 6.86. The van der Waals surface area contributed by atoms with Crippen LogP contribution in [-0.4, -0.2) is 14.5 Å². The van der Waals surface area contributed by atoms with Crippen molar-refractivity contribution in [2.45, 2.75) is 0 Å². The number of nitrogens with zero attached hydrogens (tertiary/aromatic N) is 3. The highest BCUT2D eigenvalue weighted by Gasteiger charge is 2.24. The van der Waals surface area contributed by atoms with Gasteiger partial charge in [0.2, 0.25) is 0 Å². The summed E-state index contributed by atoms with van der Waals surface area (Å²) in [6.07, 6.45) is 0. The lowest BCUT2D eigenvalue weighted by Crippen LogP contribution is -1.98. The van der Waals surface area contributed by atoms with Crippen molar-refractivity contribution in [3.63, 3.8) is 0 Å². The molecule has 12 rings (SSSR count). The van der Waals surface area contributed by atoms with E-state index >= 15 is 0 Å². The molecule has 5 heteroatoms. The van der Waals surface area contributed by atoms with Gasteiger partial charge in [-0.25, -0.2) is 9.97 Å². The molecule has 0 aliphatic heterocycles. The summed E-state index contributed by atoms with van der Waals surface area (Å²) in [5.41, 5.74) is 11.8. The van der Waals surface area contributed by atoms with Crippen LogP contribution >= 0.6 is 0 Å². The summed E-state index contributed by atoms with van der Waals surface area (Å²) in [4.78, 5) is 10.6. The van der Waals surface area contributed by atoms with Crippen molar-refractivity contribution in [1.82, 2.24) is 14.5 Å². The third-order valence-electron chi connectivity index (χ3n) is 11.0. The van der Waals surface area contributed by atoms with Crippen molar-refractivity contribution in [1.29, 1.82) is 0 Å². The van der Waals surface area contributed by atoms with Gasteiger partial charge in [-0.2, -0.15) is 0 Å². The number of hydrogen-bond acceptors (Lipinski definition) is 4. The molecule has 55 heavy (non-hydrogen) atoms. The second kappa shape index (κ2) is 11.5. The number of hydrogen-bond donors (Lipinski definition) is 0. The average molecular weight is 704 g/mol. The molecule has 8 aromatic carbocycles. The van der Waals surface area contributed by atoms with Gasteiger partial charge in [-0.3, -0.25) is 0 Å². The summed E-state index contributed by atoms with van der Waals surface area (Å²) in [5, 5.41) is 7.88. The van der Waals surface area contributed by atoms with Gasteiger partial charge in [0.25, 0.3) is 0 Å². The maximum Gasteiger partial charge on any atom is 0.180 e. The van der Waals surface area contributed by atoms with E-state index in [0.29, 0.717) is 11.4 Å². The fraction of sp³-hybridized carbons (Fsp3) is 0. The molecule has 0 N–H and O–H groups in total. The van der Waals surface area contributed by atoms with Crippen LogP contribution in [0.15, 0.2) is 185 Å². The van der Waals surface area contributed by atoms with Crippen LogP contribution < -0.4 is 0 Å². The molecule has 0 saturated carbocycles. The maximum absolute atomic E-state index is 6.86. The summed E-state index contributed by atoms with van der Waals surface area (Å²) >= 11 is 0. The van der Waals surface area contributed by atoms with Crippen molar-refractivity contribution in [3.05, 3.63) is 176 Å². The highest BCUT2D eigenvalue weighted by Crippen LogP contribution is 2.44. The number of benzene rings is 8. The lowest BCUT2D eigenvalue weighted by atomic mass is 10.0. The average Bonchev–Trinajstić information content (AvgIpc) is 3.94. The Hall–Kier alpha value is -7.50. The number of aromatic nitrogens is 3. The van der Waals surface area contributed by atoms with Gasteiger partial charge >= 0.3 is 0 Å². The van der Waals surface area contributed by atoms with E-state index in [-0.39, 0.29) is 0 Å². The van der Waals surface area contributed by atoms with Gasteiger partial charge in [-0.05, 0) is 64.4 Å². The van der Waals surface area contributed by atoms with Crippen molar-refractivity contribution < 1.29 is 8.83 Å². The Bertz CT molecular complexity index is 3480. The van der Waals surface area contributed by atoms with E-state index in [0.717, 1.165) is 83.1 Å². The molecular formula is C50H29N3O2. The number of rotatable bonds is 4. The van der Waals surface area contributed by atoms with Crippen LogP contribution in [-0.2, 0) is 0 Å². The van der Waals surface area contributed by atoms with Crippen LogP contribution in [0.5, 0.6) is 0 Å². The Balaban J connectivity index is 1.17. The zero-order valence-electron chi connectivity index (χ0n) is 29.4. The third kappa shape index (κ3) is 4.41. The minimum Gasteiger partial charge on any atom is -0.455 e. The molecular weight excluding hydrogens is 675 g/mol. The Kier molecular flexibility index (Phi) is 6.27. The first-order chi connectivity index (χ1) is 27.3. The highest BCUT2D eigenvalue weighted by atomic mass is 16.3. The van der Waals surface area contributed by atoms with Crippen LogP contribution in [0.4, 0.5) is 0 Å². The van der Waals surface area contributed by atoms with E-state index in [1.807, 2.05) is 42.5 Å². The Morgan fingerprint density at radius 2 is 1.11 bits per heavy atom. The largest absolute Gasteiger partial charge is 0.455 e. The first-order valence-corrected chi connectivity index (χ1v) is 18.5. The summed E-state index contributed by atoms with van der Waals surface area (Å²) in [5.74, 6) is 0.572. The van der Waals surface area contributed by atoms with Crippen LogP contribution in [0.2, 0.25) is 0 Å². The van der Waals surface area contributed by atoms with E-state index in [9.17, 15) is 0 Å². The molecule has 0 amide bonds. The van der Waals surface area contributed by atoms with Crippen LogP contribution in [0, 0.1) is 0 Å². The van der Waals surface area contributed by atoms with Gasteiger partial charge < -0.3 is 13.4 Å². The molecule has 0 atom stereocenters. The van der Waals surface area contributed by atoms with E-state index in [2.05, 4.69) is 138 Å². The highest BCUT2D eigenvalue weighted by molar-refractivity contribution is 6.23. The van der Waals surface area contributed by atoms with Gasteiger partial charge in [0, 0.05) is 27.1 Å². The first kappa shape index (κ1) is 30.0. The van der Waals surface area contributed by atoms with E-state index in [1.54, 1.807) is 0 Å². The molecule has 5 nitrogen and oxygen atoms in total. The van der Waals surface area contributed by atoms with Crippen LogP contribution in [0.25, 0.3) is 116 Å². The van der Waals surface area contributed by atoms with Gasteiger partial charge in [0.05, 0.1) is 27.7 Å². The zero-order valence-corrected chi connectivity index (χ0v) is 29.4. The molecule has 4 heterocycles. The number of furan rings is 2. The molecule has 0 bridgehead atoms. The molecule has 0 saturated heterocycles. The van der Waals surface area contributed by atoms with Crippen LogP contribution in [0.1, 0.15) is 0 Å². The lowest BCUT2D eigenvalue weighted by molar-refractivity contribution is 0.666.